The van der Waals surface area contributed by atoms with E-state index in [1.807, 2.05) is 11.0 Å². The summed E-state index contributed by atoms with van der Waals surface area (Å²) < 4.78 is 42.9. The molecule has 3 aromatic rings. The molecule has 2 fully saturated rings. The van der Waals surface area contributed by atoms with Gasteiger partial charge in [-0.1, -0.05) is 0 Å². The molecule has 1 unspecified atom stereocenters. The van der Waals surface area contributed by atoms with Gasteiger partial charge in [-0.3, -0.25) is 10.3 Å². The highest BCUT2D eigenvalue weighted by Gasteiger charge is 2.43. The van der Waals surface area contributed by atoms with E-state index >= 15 is 0 Å². The predicted molar refractivity (Wildman–Crippen MR) is 119 cm³/mol. The van der Waals surface area contributed by atoms with Gasteiger partial charge < -0.3 is 14.6 Å². The zero-order chi connectivity index (χ0) is 23.9. The Labute approximate surface area is 194 Å². The van der Waals surface area contributed by atoms with Gasteiger partial charge in [-0.25, -0.2) is 14.8 Å². The third kappa shape index (κ3) is 4.84. The average molecular weight is 474 g/mol. The van der Waals surface area contributed by atoms with Crippen LogP contribution in [0.15, 0.2) is 35.1 Å². The highest BCUT2D eigenvalue weighted by molar-refractivity contribution is 5.92. The summed E-state index contributed by atoms with van der Waals surface area (Å²) >= 11 is 0. The number of aromatic nitrogens is 3. The zero-order valence-corrected chi connectivity index (χ0v) is 18.6. The number of fused-ring (bicyclic) bond motifs is 3. The number of carbonyl (C=O) groups excluding carboxylic acids is 1. The molecule has 180 valence electrons. The summed E-state index contributed by atoms with van der Waals surface area (Å²) in [5.41, 5.74) is 0.634. The molecule has 2 aliphatic heterocycles. The van der Waals surface area contributed by atoms with Crippen LogP contribution in [0.3, 0.4) is 0 Å². The van der Waals surface area contributed by atoms with Crippen molar-refractivity contribution in [3.8, 4) is 11.5 Å². The predicted octanol–water partition coefficient (Wildman–Crippen LogP) is 4.66. The number of amides is 2. The number of urea groups is 1. The summed E-state index contributed by atoms with van der Waals surface area (Å²) in [6, 6.07) is 3.42. The van der Waals surface area contributed by atoms with Crippen molar-refractivity contribution < 1.29 is 22.4 Å². The van der Waals surface area contributed by atoms with Gasteiger partial charge in [0.05, 0.1) is 12.6 Å². The summed E-state index contributed by atoms with van der Waals surface area (Å²) in [7, 11) is 0. The third-order valence-electron chi connectivity index (χ3n) is 6.52. The van der Waals surface area contributed by atoms with E-state index in [1.54, 1.807) is 31.6 Å². The Kier molecular flexibility index (Phi) is 5.88. The molecular weight excluding hydrogens is 449 g/mol. The number of carbonyl (C=O) groups is 1. The van der Waals surface area contributed by atoms with Crippen molar-refractivity contribution in [2.45, 2.75) is 63.3 Å². The smallest absolute Gasteiger partial charge is 0.390 e. The fourth-order valence-corrected chi connectivity index (χ4v) is 4.99. The molecule has 2 N–H and O–H groups in total. The van der Waals surface area contributed by atoms with Gasteiger partial charge in [0, 0.05) is 49.4 Å². The Bertz CT molecular complexity index is 1180. The van der Waals surface area contributed by atoms with Crippen molar-refractivity contribution in [3.63, 3.8) is 0 Å². The second kappa shape index (κ2) is 8.86. The molecule has 0 aromatic carbocycles. The van der Waals surface area contributed by atoms with Crippen LogP contribution in [0.1, 0.15) is 38.0 Å². The Morgan fingerprint density at radius 2 is 1.82 bits per heavy atom. The molecule has 3 aromatic heterocycles. The lowest BCUT2D eigenvalue weighted by molar-refractivity contribution is -0.133. The number of halogens is 3. The van der Waals surface area contributed by atoms with E-state index < -0.39 is 12.6 Å². The average Bonchev–Trinajstić information content (AvgIpc) is 3.33. The number of hydrogen-bond donors (Lipinski definition) is 2. The van der Waals surface area contributed by atoms with Crippen LogP contribution >= 0.6 is 0 Å². The van der Waals surface area contributed by atoms with E-state index in [2.05, 4.69) is 25.6 Å². The first-order valence-corrected chi connectivity index (χ1v) is 11.3. The van der Waals surface area contributed by atoms with Gasteiger partial charge in [-0.05, 0) is 43.2 Å². The molecule has 8 nitrogen and oxygen atoms in total. The number of alkyl halides is 3. The van der Waals surface area contributed by atoms with Crippen molar-refractivity contribution in [2.24, 2.45) is 0 Å². The number of rotatable bonds is 5. The maximum Gasteiger partial charge on any atom is 0.390 e. The Balaban J connectivity index is 1.25. The molecular formula is C23H25F3N6O2. The second-order valence-corrected chi connectivity index (χ2v) is 8.94. The van der Waals surface area contributed by atoms with Gasteiger partial charge in [-0.2, -0.15) is 13.2 Å². The summed E-state index contributed by atoms with van der Waals surface area (Å²) in [5, 5.41) is 7.59. The van der Waals surface area contributed by atoms with E-state index in [9.17, 15) is 18.0 Å². The monoisotopic (exact) mass is 474 g/mol. The number of oxazole rings is 1. The minimum absolute atomic E-state index is 0.00616. The SMILES string of the molecule is Cc1ncc(-c2cc3cc(NC(=O)N4[C@@H]5CC[C@H]4CC(NCCC(F)(F)F)C5)ncc3cn2)o1. The molecule has 2 aliphatic rings. The standard InChI is InChI=1S/C23H25F3N6O2/c1-13-28-12-20(34-13)19-6-14-7-21(30-11-15(14)10-29-19)31-22(33)32-17-2-3-18(32)9-16(8-17)27-5-4-23(24,25)26/h6-7,10-12,16-18,27H,2-5,8-9H2,1H3,(H,30,31,33)/t16?,17-,18+. The quantitative estimate of drug-likeness (QED) is 0.558. The maximum atomic E-state index is 13.1. The summed E-state index contributed by atoms with van der Waals surface area (Å²) in [4.78, 5) is 27.7. The van der Waals surface area contributed by atoms with E-state index in [-0.39, 0.29) is 30.7 Å². The van der Waals surface area contributed by atoms with Gasteiger partial charge in [-0.15, -0.1) is 0 Å². The van der Waals surface area contributed by atoms with E-state index in [0.29, 0.717) is 36.0 Å². The van der Waals surface area contributed by atoms with E-state index in [4.69, 9.17) is 4.42 Å². The number of aryl methyl sites for hydroxylation is 1. The molecule has 5 heterocycles. The van der Waals surface area contributed by atoms with Crippen LogP contribution in [0.5, 0.6) is 0 Å². The van der Waals surface area contributed by atoms with Crippen molar-refractivity contribution >= 4 is 22.6 Å². The zero-order valence-electron chi connectivity index (χ0n) is 18.6. The molecule has 34 heavy (non-hydrogen) atoms. The Morgan fingerprint density at radius 3 is 2.50 bits per heavy atom. The van der Waals surface area contributed by atoms with Crippen LogP contribution in [0.4, 0.5) is 23.8 Å². The van der Waals surface area contributed by atoms with Crippen LogP contribution in [0.2, 0.25) is 0 Å². The van der Waals surface area contributed by atoms with Gasteiger partial charge in [0.2, 0.25) is 0 Å². The van der Waals surface area contributed by atoms with Crippen molar-refractivity contribution in [2.75, 3.05) is 11.9 Å². The van der Waals surface area contributed by atoms with Crippen LogP contribution in [-0.4, -0.2) is 56.7 Å². The lowest BCUT2D eigenvalue weighted by Gasteiger charge is -2.39. The first kappa shape index (κ1) is 22.6. The number of anilines is 1. The van der Waals surface area contributed by atoms with Crippen molar-refractivity contribution in [1.82, 2.24) is 25.2 Å². The third-order valence-corrected chi connectivity index (χ3v) is 6.52. The lowest BCUT2D eigenvalue weighted by Crippen LogP contribution is -2.53. The molecule has 2 amide bonds. The van der Waals surface area contributed by atoms with Crippen LogP contribution < -0.4 is 10.6 Å². The fraction of sp³-hybridized carbons (Fsp3) is 0.478. The van der Waals surface area contributed by atoms with E-state index in [0.717, 1.165) is 23.6 Å². The fourth-order valence-electron chi connectivity index (χ4n) is 4.99. The van der Waals surface area contributed by atoms with Gasteiger partial charge >= 0.3 is 12.2 Å². The topological polar surface area (TPSA) is 96.2 Å². The van der Waals surface area contributed by atoms with Crippen molar-refractivity contribution in [3.05, 3.63) is 36.6 Å². The van der Waals surface area contributed by atoms with Crippen LogP contribution in [0, 0.1) is 6.92 Å². The largest absolute Gasteiger partial charge is 0.439 e. The molecule has 3 atom stereocenters. The molecule has 11 heteroatoms. The first-order chi connectivity index (χ1) is 16.2. The number of nitrogens with one attached hydrogen (secondary N) is 2. The minimum atomic E-state index is -4.16. The first-order valence-electron chi connectivity index (χ1n) is 11.3. The highest BCUT2D eigenvalue weighted by Crippen LogP contribution is 2.36. The van der Waals surface area contributed by atoms with E-state index in [1.165, 1.54) is 0 Å². The Morgan fingerprint density at radius 1 is 1.09 bits per heavy atom. The summed E-state index contributed by atoms with van der Waals surface area (Å²) in [6.45, 7) is 1.67. The van der Waals surface area contributed by atoms with Gasteiger partial charge in [0.15, 0.2) is 11.7 Å². The van der Waals surface area contributed by atoms with Crippen LogP contribution in [0.25, 0.3) is 22.2 Å². The van der Waals surface area contributed by atoms with Crippen LogP contribution in [-0.2, 0) is 0 Å². The molecule has 0 radical (unpaired) electrons. The molecule has 0 saturated carbocycles. The molecule has 0 spiro atoms. The molecule has 2 saturated heterocycles. The summed E-state index contributed by atoms with van der Waals surface area (Å²) in [6.07, 6.45) is 2.96. The highest BCUT2D eigenvalue weighted by atomic mass is 19.4. The summed E-state index contributed by atoms with van der Waals surface area (Å²) in [5.74, 6) is 1.53. The normalized spacial score (nSPS) is 22.4. The second-order valence-electron chi connectivity index (χ2n) is 8.94. The Hall–Kier alpha value is -3.21. The maximum absolute atomic E-state index is 13.1. The van der Waals surface area contributed by atoms with Crippen molar-refractivity contribution in [1.29, 1.82) is 0 Å². The number of pyridine rings is 2. The minimum Gasteiger partial charge on any atom is -0.439 e. The van der Waals surface area contributed by atoms with Gasteiger partial charge in [0.1, 0.15) is 11.5 Å². The molecule has 5 rings (SSSR count). The molecule has 2 bridgehead atoms. The number of nitrogens with zero attached hydrogens (tertiary/aromatic N) is 4. The lowest BCUT2D eigenvalue weighted by atomic mass is 9.97. The number of piperidine rings is 1. The number of hydrogen-bond acceptors (Lipinski definition) is 6. The molecule has 0 aliphatic carbocycles. The van der Waals surface area contributed by atoms with Gasteiger partial charge in [0.25, 0.3) is 0 Å².